The van der Waals surface area contributed by atoms with Crippen LogP contribution in [0.3, 0.4) is 0 Å². The summed E-state index contributed by atoms with van der Waals surface area (Å²) in [7, 11) is 0. The fourth-order valence-electron chi connectivity index (χ4n) is 2.48. The lowest BCUT2D eigenvalue weighted by molar-refractivity contribution is -0.141. The number of alkyl halides is 3. The van der Waals surface area contributed by atoms with Gasteiger partial charge in [0.2, 0.25) is 5.95 Å². The Kier molecular flexibility index (Phi) is 3.46. The Morgan fingerprint density at radius 1 is 1.09 bits per heavy atom. The molecular weight excluding hydrogens is 300 g/mol. The Morgan fingerprint density at radius 3 is 2.45 bits per heavy atom. The normalized spacial score (nSPS) is 16.9. The molecule has 0 aliphatic heterocycles. The van der Waals surface area contributed by atoms with Crippen LogP contribution in [-0.4, -0.2) is 15.0 Å². The van der Waals surface area contributed by atoms with Crippen LogP contribution in [0, 0.1) is 5.82 Å². The van der Waals surface area contributed by atoms with Gasteiger partial charge in [-0.05, 0) is 37.5 Å². The maximum atomic E-state index is 14.0. The van der Waals surface area contributed by atoms with Crippen molar-refractivity contribution in [2.24, 2.45) is 0 Å². The summed E-state index contributed by atoms with van der Waals surface area (Å²) in [6, 6.07) is 3.53. The van der Waals surface area contributed by atoms with Crippen molar-refractivity contribution in [2.75, 3.05) is 5.32 Å². The van der Waals surface area contributed by atoms with Gasteiger partial charge in [-0.3, -0.25) is 4.98 Å². The van der Waals surface area contributed by atoms with E-state index in [4.69, 9.17) is 0 Å². The molecule has 0 amide bonds. The van der Waals surface area contributed by atoms with Gasteiger partial charge in [-0.15, -0.1) is 0 Å². The third kappa shape index (κ3) is 2.60. The van der Waals surface area contributed by atoms with E-state index in [2.05, 4.69) is 20.3 Å². The van der Waals surface area contributed by atoms with Gasteiger partial charge in [0.15, 0.2) is 0 Å². The van der Waals surface area contributed by atoms with Crippen LogP contribution >= 0.6 is 0 Å². The van der Waals surface area contributed by atoms with Gasteiger partial charge in [0.1, 0.15) is 17.2 Å². The van der Waals surface area contributed by atoms with Crippen molar-refractivity contribution in [1.29, 1.82) is 0 Å². The molecule has 0 unspecified atom stereocenters. The zero-order chi connectivity index (χ0) is 15.8. The summed E-state index contributed by atoms with van der Waals surface area (Å²) in [4.78, 5) is 11.3. The standard InChI is InChI=1S/C14H12F4N4/c15-9-3-1-7-19-11(9)13(5-2-6-13)22-12-20-8-4-10(21-12)14(16,17)18/h1,3-4,7-8H,2,5-6H2,(H,20,21,22). The molecule has 8 heteroatoms. The van der Waals surface area contributed by atoms with Crippen molar-refractivity contribution in [1.82, 2.24) is 15.0 Å². The van der Waals surface area contributed by atoms with Crippen LogP contribution in [0.5, 0.6) is 0 Å². The zero-order valence-electron chi connectivity index (χ0n) is 11.4. The first-order chi connectivity index (χ1) is 10.4. The van der Waals surface area contributed by atoms with Crippen LogP contribution in [-0.2, 0) is 11.7 Å². The van der Waals surface area contributed by atoms with Crippen molar-refractivity contribution in [3.63, 3.8) is 0 Å². The molecule has 1 N–H and O–H groups in total. The van der Waals surface area contributed by atoms with Crippen molar-refractivity contribution >= 4 is 5.95 Å². The monoisotopic (exact) mass is 312 g/mol. The Morgan fingerprint density at radius 2 is 1.86 bits per heavy atom. The van der Waals surface area contributed by atoms with Gasteiger partial charge in [-0.1, -0.05) is 0 Å². The van der Waals surface area contributed by atoms with E-state index >= 15 is 0 Å². The van der Waals surface area contributed by atoms with E-state index in [-0.39, 0.29) is 11.6 Å². The molecule has 2 heterocycles. The van der Waals surface area contributed by atoms with Gasteiger partial charge < -0.3 is 5.32 Å². The zero-order valence-corrected chi connectivity index (χ0v) is 11.4. The van der Waals surface area contributed by atoms with Crippen molar-refractivity contribution in [3.05, 3.63) is 47.8 Å². The fourth-order valence-corrected chi connectivity index (χ4v) is 2.48. The predicted molar refractivity (Wildman–Crippen MR) is 70.4 cm³/mol. The summed E-state index contributed by atoms with van der Waals surface area (Å²) in [5.41, 5.74) is -1.71. The molecule has 0 saturated heterocycles. The van der Waals surface area contributed by atoms with Crippen molar-refractivity contribution in [3.8, 4) is 0 Å². The molecule has 1 aliphatic rings. The van der Waals surface area contributed by atoms with E-state index < -0.39 is 23.2 Å². The molecule has 0 atom stereocenters. The number of nitrogens with zero attached hydrogens (tertiary/aromatic N) is 3. The summed E-state index contributed by atoms with van der Waals surface area (Å²) < 4.78 is 52.0. The molecule has 0 aromatic carbocycles. The number of nitrogens with one attached hydrogen (secondary N) is 1. The third-order valence-electron chi connectivity index (χ3n) is 3.72. The molecule has 0 radical (unpaired) electrons. The molecule has 4 nitrogen and oxygen atoms in total. The maximum absolute atomic E-state index is 14.0. The lowest BCUT2D eigenvalue weighted by Crippen LogP contribution is -2.44. The first-order valence-electron chi connectivity index (χ1n) is 6.70. The van der Waals surface area contributed by atoms with E-state index in [1.165, 1.54) is 18.3 Å². The number of halogens is 4. The second kappa shape index (κ2) is 5.19. The predicted octanol–water partition coefficient (Wildman–Crippen LogP) is 3.52. The van der Waals surface area contributed by atoms with E-state index in [1.807, 2.05) is 0 Å². The lowest BCUT2D eigenvalue weighted by Gasteiger charge is -2.42. The molecule has 2 aromatic rings. The number of anilines is 1. The minimum atomic E-state index is -4.55. The Labute approximate surface area is 123 Å². The number of pyridine rings is 1. The molecule has 116 valence electrons. The van der Waals surface area contributed by atoms with Crippen LogP contribution in [0.2, 0.25) is 0 Å². The summed E-state index contributed by atoms with van der Waals surface area (Å²) >= 11 is 0. The van der Waals surface area contributed by atoms with Crippen molar-refractivity contribution in [2.45, 2.75) is 31.0 Å². The van der Waals surface area contributed by atoms with Crippen LogP contribution in [0.4, 0.5) is 23.5 Å². The van der Waals surface area contributed by atoms with E-state index in [0.29, 0.717) is 12.8 Å². The van der Waals surface area contributed by atoms with Gasteiger partial charge in [0, 0.05) is 12.4 Å². The number of rotatable bonds is 3. The van der Waals surface area contributed by atoms with Crippen LogP contribution in [0.25, 0.3) is 0 Å². The molecule has 3 rings (SSSR count). The van der Waals surface area contributed by atoms with Crippen molar-refractivity contribution < 1.29 is 17.6 Å². The Bertz CT molecular complexity index is 683. The largest absolute Gasteiger partial charge is 0.433 e. The number of aromatic nitrogens is 3. The first kappa shape index (κ1) is 14.7. The fraction of sp³-hybridized carbons (Fsp3) is 0.357. The summed E-state index contributed by atoms with van der Waals surface area (Å²) in [6.45, 7) is 0. The second-order valence-corrected chi connectivity index (χ2v) is 5.16. The third-order valence-corrected chi connectivity index (χ3v) is 3.72. The average Bonchev–Trinajstić information content (AvgIpc) is 2.43. The van der Waals surface area contributed by atoms with Gasteiger partial charge in [0.25, 0.3) is 0 Å². The smallest absolute Gasteiger partial charge is 0.343 e. The molecule has 1 fully saturated rings. The van der Waals surface area contributed by atoms with Gasteiger partial charge >= 0.3 is 6.18 Å². The Hall–Kier alpha value is -2.25. The van der Waals surface area contributed by atoms with Crippen LogP contribution in [0.1, 0.15) is 30.7 Å². The van der Waals surface area contributed by atoms with Gasteiger partial charge in [0.05, 0.1) is 5.54 Å². The van der Waals surface area contributed by atoms with Crippen LogP contribution < -0.4 is 5.32 Å². The molecule has 1 saturated carbocycles. The maximum Gasteiger partial charge on any atom is 0.433 e. The number of hydrogen-bond donors (Lipinski definition) is 1. The number of hydrogen-bond acceptors (Lipinski definition) is 4. The molecule has 0 spiro atoms. The molecular formula is C14H12F4N4. The van der Waals surface area contributed by atoms with Gasteiger partial charge in [-0.2, -0.15) is 13.2 Å². The second-order valence-electron chi connectivity index (χ2n) is 5.16. The summed E-state index contributed by atoms with van der Waals surface area (Å²) in [5.74, 6) is -0.679. The summed E-state index contributed by atoms with van der Waals surface area (Å²) in [5, 5.41) is 2.84. The SMILES string of the molecule is Fc1cccnc1C1(Nc2nccc(C(F)(F)F)n2)CCC1. The first-order valence-corrected chi connectivity index (χ1v) is 6.70. The van der Waals surface area contributed by atoms with Crippen LogP contribution in [0.15, 0.2) is 30.6 Å². The minimum absolute atomic E-state index is 0.181. The quantitative estimate of drug-likeness (QED) is 0.881. The molecule has 2 aromatic heterocycles. The van der Waals surface area contributed by atoms with Gasteiger partial charge in [-0.25, -0.2) is 14.4 Å². The highest BCUT2D eigenvalue weighted by atomic mass is 19.4. The topological polar surface area (TPSA) is 50.7 Å². The van der Waals surface area contributed by atoms with E-state index in [1.54, 1.807) is 0 Å². The highest BCUT2D eigenvalue weighted by Crippen LogP contribution is 2.43. The van der Waals surface area contributed by atoms with E-state index in [9.17, 15) is 17.6 Å². The average molecular weight is 312 g/mol. The molecule has 1 aliphatic carbocycles. The molecule has 22 heavy (non-hydrogen) atoms. The van der Waals surface area contributed by atoms with E-state index in [0.717, 1.165) is 18.7 Å². The highest BCUT2D eigenvalue weighted by Gasteiger charge is 2.43. The minimum Gasteiger partial charge on any atom is -0.343 e. The Balaban J connectivity index is 1.93. The lowest BCUT2D eigenvalue weighted by atomic mass is 9.74. The molecule has 0 bridgehead atoms. The highest BCUT2D eigenvalue weighted by molar-refractivity contribution is 5.37. The summed E-state index contributed by atoms with van der Waals surface area (Å²) in [6.07, 6.45) is -0.141.